The van der Waals surface area contributed by atoms with Gasteiger partial charge in [-0.3, -0.25) is 4.79 Å². The van der Waals surface area contributed by atoms with Gasteiger partial charge in [0, 0.05) is 34.2 Å². The van der Waals surface area contributed by atoms with E-state index in [2.05, 4.69) is 10.2 Å². The monoisotopic (exact) mass is 413 g/mol. The first kappa shape index (κ1) is 18.3. The summed E-state index contributed by atoms with van der Waals surface area (Å²) in [5.41, 5.74) is 3.35. The molecule has 0 atom stereocenters. The predicted molar refractivity (Wildman–Crippen MR) is 116 cm³/mol. The third-order valence-electron chi connectivity index (χ3n) is 4.94. The third-order valence-corrected chi connectivity index (χ3v) is 5.19. The Hall–Kier alpha value is -3.70. The summed E-state index contributed by atoms with van der Waals surface area (Å²) in [6.45, 7) is 0.615. The number of aromatic nitrogens is 3. The molecule has 0 fully saturated rings. The standard InChI is InChI=1S/C24H16ClN3O2/c25-18-12-10-16(11-13-18)14-28-15-20(19-8-4-5-9-21(19)28)22(29)24-27-26-23(30-24)17-6-2-1-3-7-17/h1-13,15H,14H2. The highest BCUT2D eigenvalue weighted by Crippen LogP contribution is 2.26. The molecule has 0 bridgehead atoms. The largest absolute Gasteiger partial charge is 0.413 e. The number of ketones is 1. The maximum atomic E-state index is 13.2. The summed E-state index contributed by atoms with van der Waals surface area (Å²) < 4.78 is 7.72. The van der Waals surface area contributed by atoms with Crippen LogP contribution in [0.3, 0.4) is 0 Å². The van der Waals surface area contributed by atoms with Gasteiger partial charge in [0.25, 0.3) is 11.7 Å². The summed E-state index contributed by atoms with van der Waals surface area (Å²) in [4.78, 5) is 13.2. The van der Waals surface area contributed by atoms with Crippen molar-refractivity contribution in [2.45, 2.75) is 6.54 Å². The van der Waals surface area contributed by atoms with E-state index in [0.29, 0.717) is 23.0 Å². The van der Waals surface area contributed by atoms with Crippen LogP contribution in [-0.2, 0) is 6.54 Å². The van der Waals surface area contributed by atoms with Crippen molar-refractivity contribution < 1.29 is 9.21 Å². The van der Waals surface area contributed by atoms with Crippen LogP contribution in [0.4, 0.5) is 0 Å². The quantitative estimate of drug-likeness (QED) is 0.350. The number of halogens is 1. The highest BCUT2D eigenvalue weighted by Gasteiger charge is 2.22. The van der Waals surface area contributed by atoms with Gasteiger partial charge in [0.15, 0.2) is 0 Å². The maximum absolute atomic E-state index is 13.2. The zero-order chi connectivity index (χ0) is 20.5. The van der Waals surface area contributed by atoms with E-state index < -0.39 is 0 Å². The van der Waals surface area contributed by atoms with E-state index in [1.807, 2.05) is 89.6 Å². The van der Waals surface area contributed by atoms with E-state index in [1.54, 1.807) is 0 Å². The number of carbonyl (C=O) groups is 1. The zero-order valence-electron chi connectivity index (χ0n) is 15.8. The van der Waals surface area contributed by atoms with E-state index in [1.165, 1.54) is 0 Å². The van der Waals surface area contributed by atoms with E-state index >= 15 is 0 Å². The van der Waals surface area contributed by atoms with Crippen LogP contribution in [-0.4, -0.2) is 20.5 Å². The van der Waals surface area contributed by atoms with Crippen molar-refractivity contribution in [3.05, 3.63) is 107 Å². The fraction of sp³-hybridized carbons (Fsp3) is 0.0417. The van der Waals surface area contributed by atoms with E-state index in [9.17, 15) is 4.79 Å². The summed E-state index contributed by atoms with van der Waals surface area (Å²) in [6.07, 6.45) is 1.84. The Morgan fingerprint density at radius 2 is 1.63 bits per heavy atom. The minimum Gasteiger partial charge on any atom is -0.413 e. The number of fused-ring (bicyclic) bond motifs is 1. The molecule has 5 nitrogen and oxygen atoms in total. The molecule has 6 heteroatoms. The van der Waals surface area contributed by atoms with Gasteiger partial charge in [0.05, 0.1) is 5.56 Å². The maximum Gasteiger partial charge on any atom is 0.289 e. The molecule has 2 heterocycles. The molecule has 0 aliphatic carbocycles. The fourth-order valence-electron chi connectivity index (χ4n) is 3.47. The number of carbonyl (C=O) groups excluding carboxylic acids is 1. The van der Waals surface area contributed by atoms with Crippen molar-refractivity contribution in [1.29, 1.82) is 0 Å². The van der Waals surface area contributed by atoms with E-state index in [-0.39, 0.29) is 11.7 Å². The highest BCUT2D eigenvalue weighted by atomic mass is 35.5. The zero-order valence-corrected chi connectivity index (χ0v) is 16.6. The second-order valence-electron chi connectivity index (χ2n) is 6.92. The number of rotatable bonds is 5. The molecular weight excluding hydrogens is 398 g/mol. The Morgan fingerprint density at radius 3 is 2.43 bits per heavy atom. The van der Waals surface area contributed by atoms with Gasteiger partial charge in [0.2, 0.25) is 5.89 Å². The Morgan fingerprint density at radius 1 is 0.900 bits per heavy atom. The molecule has 0 saturated heterocycles. The fourth-order valence-corrected chi connectivity index (χ4v) is 3.60. The first-order chi connectivity index (χ1) is 14.7. The molecule has 0 amide bonds. The lowest BCUT2D eigenvalue weighted by Crippen LogP contribution is -2.02. The van der Waals surface area contributed by atoms with Gasteiger partial charge in [-0.25, -0.2) is 0 Å². The van der Waals surface area contributed by atoms with Crippen LogP contribution in [0.15, 0.2) is 89.5 Å². The highest BCUT2D eigenvalue weighted by molar-refractivity contribution is 6.30. The van der Waals surface area contributed by atoms with Crippen LogP contribution in [0.2, 0.25) is 5.02 Å². The van der Waals surface area contributed by atoms with Crippen molar-refractivity contribution in [2.24, 2.45) is 0 Å². The summed E-state index contributed by atoms with van der Waals surface area (Å²) in [5, 5.41) is 9.56. The summed E-state index contributed by atoms with van der Waals surface area (Å²) in [6, 6.07) is 24.8. The summed E-state index contributed by atoms with van der Waals surface area (Å²) in [5.74, 6) is 0.00263. The van der Waals surface area contributed by atoms with E-state index in [4.69, 9.17) is 16.0 Å². The number of benzene rings is 3. The van der Waals surface area contributed by atoms with Gasteiger partial charge in [-0.2, -0.15) is 0 Å². The van der Waals surface area contributed by atoms with Crippen LogP contribution >= 0.6 is 11.6 Å². The van der Waals surface area contributed by atoms with Crippen LogP contribution < -0.4 is 0 Å². The number of hydrogen-bond acceptors (Lipinski definition) is 4. The topological polar surface area (TPSA) is 60.9 Å². The number of hydrogen-bond donors (Lipinski definition) is 0. The van der Waals surface area contributed by atoms with Crippen molar-refractivity contribution in [1.82, 2.24) is 14.8 Å². The first-order valence-corrected chi connectivity index (χ1v) is 9.83. The van der Waals surface area contributed by atoms with Crippen molar-refractivity contribution in [3.63, 3.8) is 0 Å². The Kier molecular flexibility index (Phi) is 4.65. The van der Waals surface area contributed by atoms with Gasteiger partial charge in [-0.1, -0.05) is 60.1 Å². The van der Waals surface area contributed by atoms with Crippen LogP contribution in [0, 0.1) is 0 Å². The molecule has 0 aliphatic rings. The lowest BCUT2D eigenvalue weighted by molar-refractivity contribution is 0.100. The van der Waals surface area contributed by atoms with Crippen molar-refractivity contribution in [3.8, 4) is 11.5 Å². The Balaban J connectivity index is 1.52. The molecule has 0 radical (unpaired) electrons. The molecule has 0 aliphatic heterocycles. The molecule has 2 aromatic heterocycles. The molecule has 3 aromatic carbocycles. The van der Waals surface area contributed by atoms with Crippen molar-refractivity contribution >= 4 is 28.3 Å². The van der Waals surface area contributed by atoms with Gasteiger partial charge in [0.1, 0.15) is 0 Å². The van der Waals surface area contributed by atoms with Crippen LogP contribution in [0.1, 0.15) is 21.8 Å². The second kappa shape index (κ2) is 7.61. The first-order valence-electron chi connectivity index (χ1n) is 9.45. The average molecular weight is 414 g/mol. The van der Waals surface area contributed by atoms with Crippen LogP contribution in [0.25, 0.3) is 22.4 Å². The van der Waals surface area contributed by atoms with Crippen molar-refractivity contribution in [2.75, 3.05) is 0 Å². The van der Waals surface area contributed by atoms with Gasteiger partial charge >= 0.3 is 0 Å². The second-order valence-corrected chi connectivity index (χ2v) is 7.36. The summed E-state index contributed by atoms with van der Waals surface area (Å²) >= 11 is 5.99. The molecule has 0 spiro atoms. The number of para-hydroxylation sites is 1. The smallest absolute Gasteiger partial charge is 0.289 e. The Bertz CT molecular complexity index is 1340. The van der Waals surface area contributed by atoms with Gasteiger partial charge in [-0.15, -0.1) is 10.2 Å². The molecule has 30 heavy (non-hydrogen) atoms. The SMILES string of the molecule is O=C(c1nnc(-c2ccccc2)o1)c1cn(Cc2ccc(Cl)cc2)c2ccccc12. The number of nitrogens with zero attached hydrogens (tertiary/aromatic N) is 3. The van der Waals surface area contributed by atoms with Gasteiger partial charge in [-0.05, 0) is 35.9 Å². The minimum atomic E-state index is -0.296. The molecule has 5 aromatic rings. The van der Waals surface area contributed by atoms with E-state index in [0.717, 1.165) is 22.0 Å². The Labute approximate surface area is 177 Å². The molecule has 0 saturated carbocycles. The van der Waals surface area contributed by atoms with Gasteiger partial charge < -0.3 is 8.98 Å². The lowest BCUT2D eigenvalue weighted by Gasteiger charge is -2.05. The minimum absolute atomic E-state index is 0.0248. The molecular formula is C24H16ClN3O2. The average Bonchev–Trinajstić information content (AvgIpc) is 3.42. The van der Waals surface area contributed by atoms with Crippen LogP contribution in [0.5, 0.6) is 0 Å². The summed E-state index contributed by atoms with van der Waals surface area (Å²) in [7, 11) is 0. The third kappa shape index (κ3) is 3.40. The molecule has 0 N–H and O–H groups in total. The normalized spacial score (nSPS) is 11.1. The molecule has 146 valence electrons. The predicted octanol–water partition coefficient (Wildman–Crippen LogP) is 5.62. The lowest BCUT2D eigenvalue weighted by atomic mass is 10.1. The molecule has 0 unspecified atom stereocenters. The molecule has 5 rings (SSSR count).